The quantitative estimate of drug-likeness (QED) is 0.745. The van der Waals surface area contributed by atoms with Gasteiger partial charge in [-0.25, -0.2) is 0 Å². The molecular formula is C10H14OS. The van der Waals surface area contributed by atoms with Crippen molar-refractivity contribution in [2.45, 2.75) is 31.6 Å². The minimum Gasteiger partial charge on any atom is -0.395 e. The fourth-order valence-corrected chi connectivity index (χ4v) is 2.99. The Kier molecular flexibility index (Phi) is 1.97. The van der Waals surface area contributed by atoms with Gasteiger partial charge in [-0.15, -0.1) is 0 Å². The molecule has 2 rings (SSSR count). The monoisotopic (exact) mass is 182 g/mol. The van der Waals surface area contributed by atoms with Crippen LogP contribution in [0.3, 0.4) is 0 Å². The third-order valence-electron chi connectivity index (χ3n) is 3.04. The van der Waals surface area contributed by atoms with E-state index < -0.39 is 0 Å². The summed E-state index contributed by atoms with van der Waals surface area (Å²) in [7, 11) is 0. The Hall–Kier alpha value is -0.340. The standard InChI is InChI=1S/C10H14OS/c1-8-5-12-6-9(8)10(7-11)3-2-4-10/h5-6,11H,2-4,7H2,1H3. The Morgan fingerprint density at radius 1 is 1.50 bits per heavy atom. The van der Waals surface area contributed by atoms with Gasteiger partial charge in [0.15, 0.2) is 0 Å². The van der Waals surface area contributed by atoms with E-state index in [9.17, 15) is 5.11 Å². The van der Waals surface area contributed by atoms with Crippen molar-refractivity contribution in [3.63, 3.8) is 0 Å². The van der Waals surface area contributed by atoms with Gasteiger partial charge < -0.3 is 5.11 Å². The van der Waals surface area contributed by atoms with Gasteiger partial charge in [-0.1, -0.05) is 6.42 Å². The average Bonchev–Trinajstić information content (AvgIpc) is 2.36. The van der Waals surface area contributed by atoms with Crippen molar-refractivity contribution in [1.29, 1.82) is 0 Å². The number of hydrogen-bond acceptors (Lipinski definition) is 2. The van der Waals surface area contributed by atoms with E-state index in [1.54, 1.807) is 11.3 Å². The van der Waals surface area contributed by atoms with Gasteiger partial charge >= 0.3 is 0 Å². The molecule has 1 N–H and O–H groups in total. The highest BCUT2D eigenvalue weighted by atomic mass is 32.1. The molecule has 0 aromatic carbocycles. The van der Waals surface area contributed by atoms with Gasteiger partial charge in [0.2, 0.25) is 0 Å². The number of thiophene rings is 1. The molecule has 1 aliphatic carbocycles. The lowest BCUT2D eigenvalue weighted by molar-refractivity contribution is 0.120. The Morgan fingerprint density at radius 2 is 2.25 bits per heavy atom. The minimum atomic E-state index is 0.143. The molecule has 12 heavy (non-hydrogen) atoms. The lowest BCUT2D eigenvalue weighted by Crippen LogP contribution is -2.38. The van der Waals surface area contributed by atoms with Crippen molar-refractivity contribution < 1.29 is 5.11 Å². The first kappa shape index (κ1) is 8.27. The van der Waals surface area contributed by atoms with Crippen LogP contribution in [0.25, 0.3) is 0 Å². The molecule has 2 heteroatoms. The molecule has 66 valence electrons. The summed E-state index contributed by atoms with van der Waals surface area (Å²) in [4.78, 5) is 0. The highest BCUT2D eigenvalue weighted by Crippen LogP contribution is 2.45. The first-order valence-electron chi connectivity index (χ1n) is 4.43. The molecule has 0 amide bonds. The van der Waals surface area contributed by atoms with Crippen LogP contribution in [0.2, 0.25) is 0 Å². The second-order valence-corrected chi connectivity index (χ2v) is 4.50. The maximum atomic E-state index is 9.34. The van der Waals surface area contributed by atoms with Crippen LogP contribution in [0.1, 0.15) is 30.4 Å². The third-order valence-corrected chi connectivity index (χ3v) is 3.90. The van der Waals surface area contributed by atoms with Gasteiger partial charge in [-0.2, -0.15) is 11.3 Å². The average molecular weight is 182 g/mol. The van der Waals surface area contributed by atoms with E-state index >= 15 is 0 Å². The zero-order chi connectivity index (χ0) is 8.60. The molecule has 0 atom stereocenters. The highest BCUT2D eigenvalue weighted by Gasteiger charge is 2.39. The van der Waals surface area contributed by atoms with E-state index in [4.69, 9.17) is 0 Å². The smallest absolute Gasteiger partial charge is 0.0528 e. The van der Waals surface area contributed by atoms with Crippen LogP contribution in [-0.2, 0) is 5.41 Å². The second kappa shape index (κ2) is 2.86. The Labute approximate surface area is 77.0 Å². The van der Waals surface area contributed by atoms with E-state index in [1.165, 1.54) is 30.4 Å². The lowest BCUT2D eigenvalue weighted by atomic mass is 9.65. The van der Waals surface area contributed by atoms with Crippen LogP contribution < -0.4 is 0 Å². The molecule has 0 bridgehead atoms. The summed E-state index contributed by atoms with van der Waals surface area (Å²) in [5, 5.41) is 13.7. The van der Waals surface area contributed by atoms with Crippen LogP contribution in [0.5, 0.6) is 0 Å². The first-order valence-corrected chi connectivity index (χ1v) is 5.37. The fourth-order valence-electron chi connectivity index (χ4n) is 2.02. The number of hydrogen-bond donors (Lipinski definition) is 1. The van der Waals surface area contributed by atoms with Crippen LogP contribution in [0, 0.1) is 6.92 Å². The summed E-state index contributed by atoms with van der Waals surface area (Å²) >= 11 is 1.75. The number of rotatable bonds is 2. The Balaban J connectivity index is 2.33. The van der Waals surface area contributed by atoms with Crippen molar-refractivity contribution in [3.8, 4) is 0 Å². The predicted molar refractivity (Wildman–Crippen MR) is 51.7 cm³/mol. The summed E-state index contributed by atoms with van der Waals surface area (Å²) in [5.41, 5.74) is 2.89. The fraction of sp³-hybridized carbons (Fsp3) is 0.600. The van der Waals surface area contributed by atoms with Crippen molar-refractivity contribution in [2.24, 2.45) is 0 Å². The summed E-state index contributed by atoms with van der Waals surface area (Å²) in [6.45, 7) is 2.46. The van der Waals surface area contributed by atoms with Gasteiger partial charge in [0.1, 0.15) is 0 Å². The zero-order valence-electron chi connectivity index (χ0n) is 7.34. The van der Waals surface area contributed by atoms with Crippen LogP contribution >= 0.6 is 11.3 Å². The summed E-state index contributed by atoms with van der Waals surface area (Å²) < 4.78 is 0. The third kappa shape index (κ3) is 1.02. The molecule has 0 aliphatic heterocycles. The lowest BCUT2D eigenvalue weighted by Gasteiger charge is -2.40. The highest BCUT2D eigenvalue weighted by molar-refractivity contribution is 7.08. The summed E-state index contributed by atoms with van der Waals surface area (Å²) in [5.74, 6) is 0. The van der Waals surface area contributed by atoms with E-state index in [0.717, 1.165) is 0 Å². The molecule has 0 spiro atoms. The molecule has 1 fully saturated rings. The predicted octanol–water partition coefficient (Wildman–Crippen LogP) is 2.47. The number of aliphatic hydroxyl groups excluding tert-OH is 1. The van der Waals surface area contributed by atoms with Crippen LogP contribution in [0.15, 0.2) is 10.8 Å². The molecule has 0 radical (unpaired) electrons. The molecular weight excluding hydrogens is 168 g/mol. The molecule has 0 unspecified atom stereocenters. The normalized spacial score (nSPS) is 20.5. The molecule has 1 saturated carbocycles. The van der Waals surface area contributed by atoms with Crippen molar-refractivity contribution in [3.05, 3.63) is 21.9 Å². The summed E-state index contributed by atoms with van der Waals surface area (Å²) in [6.07, 6.45) is 3.61. The Morgan fingerprint density at radius 3 is 2.58 bits per heavy atom. The number of aryl methyl sites for hydroxylation is 1. The van der Waals surface area contributed by atoms with E-state index in [1.807, 2.05) is 0 Å². The zero-order valence-corrected chi connectivity index (χ0v) is 8.16. The van der Waals surface area contributed by atoms with Crippen molar-refractivity contribution >= 4 is 11.3 Å². The largest absolute Gasteiger partial charge is 0.395 e. The van der Waals surface area contributed by atoms with E-state index in [2.05, 4.69) is 17.7 Å². The number of aliphatic hydroxyl groups is 1. The Bertz CT molecular complexity index is 268. The van der Waals surface area contributed by atoms with Gasteiger partial charge in [0, 0.05) is 5.41 Å². The molecule has 1 heterocycles. The second-order valence-electron chi connectivity index (χ2n) is 3.76. The van der Waals surface area contributed by atoms with Gasteiger partial charge in [-0.3, -0.25) is 0 Å². The molecule has 1 aromatic heterocycles. The van der Waals surface area contributed by atoms with Crippen LogP contribution in [0.4, 0.5) is 0 Å². The van der Waals surface area contributed by atoms with Crippen molar-refractivity contribution in [2.75, 3.05) is 6.61 Å². The maximum absolute atomic E-state index is 9.34. The van der Waals surface area contributed by atoms with Gasteiger partial charge in [-0.05, 0) is 41.7 Å². The van der Waals surface area contributed by atoms with Crippen LogP contribution in [-0.4, -0.2) is 11.7 Å². The van der Waals surface area contributed by atoms with Gasteiger partial charge in [0.25, 0.3) is 0 Å². The van der Waals surface area contributed by atoms with E-state index in [-0.39, 0.29) is 5.41 Å². The van der Waals surface area contributed by atoms with E-state index in [0.29, 0.717) is 6.61 Å². The molecule has 1 aliphatic rings. The summed E-state index contributed by atoms with van der Waals surface area (Å²) in [6, 6.07) is 0. The molecule has 1 nitrogen and oxygen atoms in total. The first-order chi connectivity index (χ1) is 5.78. The maximum Gasteiger partial charge on any atom is 0.0528 e. The minimum absolute atomic E-state index is 0.143. The molecule has 0 saturated heterocycles. The van der Waals surface area contributed by atoms with Crippen molar-refractivity contribution in [1.82, 2.24) is 0 Å². The van der Waals surface area contributed by atoms with Gasteiger partial charge in [0.05, 0.1) is 6.61 Å². The SMILES string of the molecule is Cc1cscc1C1(CO)CCC1. The topological polar surface area (TPSA) is 20.2 Å². The molecule has 1 aromatic rings.